The molecule has 1 aliphatic rings. The number of alkyl halides is 3. The number of benzene rings is 2. The van der Waals surface area contributed by atoms with Crippen LogP contribution in [-0.2, 0) is 6.18 Å². The van der Waals surface area contributed by atoms with Crippen molar-refractivity contribution in [3.8, 4) is 11.8 Å². The average molecular weight is 409 g/mol. The number of methoxy groups -OCH3 is 1. The first-order valence-electron chi connectivity index (χ1n) is 9.21. The van der Waals surface area contributed by atoms with E-state index < -0.39 is 11.7 Å². The molecule has 0 amide bonds. The molecule has 2 aromatic carbocycles. The third kappa shape index (κ3) is 4.36. The van der Waals surface area contributed by atoms with Crippen molar-refractivity contribution in [2.24, 2.45) is 0 Å². The highest BCUT2D eigenvalue weighted by molar-refractivity contribution is 5.85. The predicted octanol–water partition coefficient (Wildman–Crippen LogP) is 6.30. The third-order valence-corrected chi connectivity index (χ3v) is 4.79. The number of halogens is 3. The fourth-order valence-electron chi connectivity index (χ4n) is 3.33. The van der Waals surface area contributed by atoms with Gasteiger partial charge in [-0.05, 0) is 47.2 Å². The maximum atomic E-state index is 13.5. The molecular formula is C24H18F3NO2. The number of ether oxygens (including phenoxy) is 1. The highest BCUT2D eigenvalue weighted by Crippen LogP contribution is 2.36. The van der Waals surface area contributed by atoms with Crippen molar-refractivity contribution in [2.45, 2.75) is 19.0 Å². The molecule has 0 atom stereocenters. The number of hydrogen-bond acceptors (Lipinski definition) is 3. The van der Waals surface area contributed by atoms with Crippen LogP contribution in [0.5, 0.6) is 5.75 Å². The highest BCUT2D eigenvalue weighted by atomic mass is 19.4. The molecular weight excluding hydrogens is 391 g/mol. The van der Waals surface area contributed by atoms with E-state index in [-0.39, 0.29) is 16.9 Å². The van der Waals surface area contributed by atoms with E-state index in [0.29, 0.717) is 17.4 Å². The molecule has 3 nitrogen and oxygen atoms in total. The molecule has 0 heterocycles. The van der Waals surface area contributed by atoms with Crippen LogP contribution in [-0.4, -0.2) is 13.4 Å². The first kappa shape index (κ1) is 21.1. The number of nitriles is 1. The lowest BCUT2D eigenvalue weighted by Crippen LogP contribution is -2.09. The molecule has 0 fully saturated rings. The van der Waals surface area contributed by atoms with Gasteiger partial charge in [-0.2, -0.15) is 18.4 Å². The number of carbonyl (C=O) groups excluding carboxylic acids is 1. The van der Waals surface area contributed by atoms with Crippen molar-refractivity contribution >= 4 is 24.0 Å². The smallest absolute Gasteiger partial charge is 0.417 e. The molecule has 0 aliphatic heterocycles. The van der Waals surface area contributed by atoms with Gasteiger partial charge in [-0.25, -0.2) is 0 Å². The van der Waals surface area contributed by atoms with Crippen LogP contribution in [0.3, 0.4) is 0 Å². The van der Waals surface area contributed by atoms with Crippen molar-refractivity contribution in [1.82, 2.24) is 0 Å². The Morgan fingerprint density at radius 2 is 1.87 bits per heavy atom. The van der Waals surface area contributed by atoms with E-state index in [0.717, 1.165) is 30.0 Å². The summed E-state index contributed by atoms with van der Waals surface area (Å²) < 4.78 is 45.6. The van der Waals surface area contributed by atoms with E-state index in [1.165, 1.54) is 25.3 Å². The summed E-state index contributed by atoms with van der Waals surface area (Å²) in [5, 5.41) is 9.69. The summed E-state index contributed by atoms with van der Waals surface area (Å²) in [7, 11) is 1.28. The standard InChI is InChI=1S/C24H18F3NO2/c1-30-23-13-18(22(24(25,26)27)12-19(23)15-29)11-10-17-8-5-9-20(21(17)14-28)16-6-3-2-4-7-16/h3,5-13,15H,2,4H2,1H3/b11-10+. The van der Waals surface area contributed by atoms with E-state index >= 15 is 0 Å². The Kier molecular flexibility index (Phi) is 6.22. The van der Waals surface area contributed by atoms with Crippen LogP contribution in [0.15, 0.2) is 48.6 Å². The summed E-state index contributed by atoms with van der Waals surface area (Å²) >= 11 is 0. The second-order valence-electron chi connectivity index (χ2n) is 6.65. The third-order valence-electron chi connectivity index (χ3n) is 4.79. The van der Waals surface area contributed by atoms with Gasteiger partial charge in [0, 0.05) is 0 Å². The molecule has 6 heteroatoms. The van der Waals surface area contributed by atoms with Gasteiger partial charge in [-0.3, -0.25) is 4.79 Å². The Balaban J connectivity index is 2.10. The van der Waals surface area contributed by atoms with Gasteiger partial charge < -0.3 is 4.74 Å². The summed E-state index contributed by atoms with van der Waals surface area (Å²) in [5.74, 6) is 0.0457. The van der Waals surface area contributed by atoms with Crippen molar-refractivity contribution in [1.29, 1.82) is 5.26 Å². The van der Waals surface area contributed by atoms with Crippen molar-refractivity contribution in [3.63, 3.8) is 0 Å². The first-order chi connectivity index (χ1) is 14.4. The van der Waals surface area contributed by atoms with Crippen LogP contribution < -0.4 is 4.74 Å². The zero-order valence-electron chi connectivity index (χ0n) is 16.2. The fraction of sp³-hybridized carbons (Fsp3) is 0.167. The largest absolute Gasteiger partial charge is 0.496 e. The van der Waals surface area contributed by atoms with Crippen LogP contribution in [0.1, 0.15) is 51.0 Å². The molecule has 152 valence electrons. The zero-order valence-corrected chi connectivity index (χ0v) is 16.2. The Morgan fingerprint density at radius 1 is 1.10 bits per heavy atom. The fourth-order valence-corrected chi connectivity index (χ4v) is 3.33. The van der Waals surface area contributed by atoms with Gasteiger partial charge in [0.25, 0.3) is 0 Å². The Morgan fingerprint density at radius 3 is 2.47 bits per heavy atom. The molecule has 3 rings (SSSR count). The van der Waals surface area contributed by atoms with Gasteiger partial charge in [0.05, 0.1) is 23.8 Å². The summed E-state index contributed by atoms with van der Waals surface area (Å²) in [5.41, 5.74) is 1.25. The molecule has 0 N–H and O–H groups in total. The van der Waals surface area contributed by atoms with Gasteiger partial charge in [-0.15, -0.1) is 0 Å². The lowest BCUT2D eigenvalue weighted by Gasteiger charge is -2.14. The molecule has 0 spiro atoms. The van der Waals surface area contributed by atoms with Gasteiger partial charge in [0.15, 0.2) is 6.29 Å². The lowest BCUT2D eigenvalue weighted by atomic mass is 9.92. The quantitative estimate of drug-likeness (QED) is 0.430. The van der Waals surface area contributed by atoms with Crippen LogP contribution in [0.2, 0.25) is 0 Å². The number of rotatable bonds is 5. The molecule has 0 bridgehead atoms. The Bertz CT molecular complexity index is 1100. The molecule has 30 heavy (non-hydrogen) atoms. The van der Waals surface area contributed by atoms with Gasteiger partial charge in [-0.1, -0.05) is 48.6 Å². The summed E-state index contributed by atoms with van der Waals surface area (Å²) in [6.45, 7) is 0. The van der Waals surface area contributed by atoms with Crippen LogP contribution in [0.4, 0.5) is 13.2 Å². The second kappa shape index (κ2) is 8.83. The summed E-state index contributed by atoms with van der Waals surface area (Å²) in [6.07, 6.45) is 6.23. The molecule has 0 aromatic heterocycles. The van der Waals surface area contributed by atoms with E-state index in [9.17, 15) is 23.2 Å². The van der Waals surface area contributed by atoms with Crippen molar-refractivity contribution in [3.05, 3.63) is 81.9 Å². The minimum atomic E-state index is -4.65. The lowest BCUT2D eigenvalue weighted by molar-refractivity contribution is -0.137. The maximum absolute atomic E-state index is 13.5. The first-order valence-corrected chi connectivity index (χ1v) is 9.21. The normalized spacial score (nSPS) is 13.8. The molecule has 0 radical (unpaired) electrons. The molecule has 0 unspecified atom stereocenters. The maximum Gasteiger partial charge on any atom is 0.417 e. The van der Waals surface area contributed by atoms with Crippen LogP contribution >= 0.6 is 0 Å². The summed E-state index contributed by atoms with van der Waals surface area (Å²) in [4.78, 5) is 11.1. The van der Waals surface area contributed by atoms with Crippen molar-refractivity contribution < 1.29 is 22.7 Å². The SMILES string of the molecule is COc1cc(/C=C/c2cccc(C3=CCCC=C3)c2C#N)c(C(F)(F)F)cc1C=O. The van der Waals surface area contributed by atoms with E-state index in [1.807, 2.05) is 24.3 Å². The molecule has 0 saturated heterocycles. The van der Waals surface area contributed by atoms with E-state index in [2.05, 4.69) is 6.07 Å². The molecule has 2 aromatic rings. The Hall–Kier alpha value is -3.59. The highest BCUT2D eigenvalue weighted by Gasteiger charge is 2.34. The molecule has 1 aliphatic carbocycles. The van der Waals surface area contributed by atoms with Crippen molar-refractivity contribution in [2.75, 3.05) is 7.11 Å². The number of allylic oxidation sites excluding steroid dienone is 4. The van der Waals surface area contributed by atoms with Gasteiger partial charge >= 0.3 is 6.18 Å². The van der Waals surface area contributed by atoms with Crippen LogP contribution in [0.25, 0.3) is 17.7 Å². The number of hydrogen-bond donors (Lipinski definition) is 0. The second-order valence-corrected chi connectivity index (χ2v) is 6.65. The Labute approximate surface area is 172 Å². The number of carbonyl (C=O) groups is 1. The van der Waals surface area contributed by atoms with Gasteiger partial charge in [0.2, 0.25) is 0 Å². The zero-order chi connectivity index (χ0) is 21.7. The average Bonchev–Trinajstić information content (AvgIpc) is 2.76. The minimum Gasteiger partial charge on any atom is -0.496 e. The summed E-state index contributed by atoms with van der Waals surface area (Å²) in [6, 6.07) is 9.36. The number of nitrogens with zero attached hydrogens (tertiary/aromatic N) is 1. The van der Waals surface area contributed by atoms with Gasteiger partial charge in [0.1, 0.15) is 11.8 Å². The predicted molar refractivity (Wildman–Crippen MR) is 110 cm³/mol. The van der Waals surface area contributed by atoms with Crippen LogP contribution in [0, 0.1) is 11.3 Å². The molecule has 0 saturated carbocycles. The monoisotopic (exact) mass is 409 g/mol. The van der Waals surface area contributed by atoms with E-state index in [1.54, 1.807) is 12.1 Å². The number of aldehydes is 1. The minimum absolute atomic E-state index is 0.0457. The topological polar surface area (TPSA) is 50.1 Å². The van der Waals surface area contributed by atoms with E-state index in [4.69, 9.17) is 4.74 Å².